The van der Waals surface area contributed by atoms with Gasteiger partial charge in [-0.05, 0) is 22.4 Å². The molecular weight excluding hydrogens is 290 g/mol. The number of nitrogens with zero attached hydrogens (tertiary/aromatic N) is 2. The van der Waals surface area contributed by atoms with Gasteiger partial charge in [0.2, 0.25) is 11.1 Å². The number of aromatic amines is 1. The number of H-pyrrole nitrogens is 1. The maximum atomic E-state index is 11.9. The highest BCUT2D eigenvalue weighted by Gasteiger charge is 2.15. The molecule has 0 saturated carbocycles. The number of ether oxygens (including phenoxy) is 1. The van der Waals surface area contributed by atoms with Gasteiger partial charge in [0, 0.05) is 6.20 Å². The fourth-order valence-corrected chi connectivity index (χ4v) is 1.73. The van der Waals surface area contributed by atoms with E-state index in [0.717, 1.165) is 0 Å². The molecule has 0 bridgehead atoms. The zero-order valence-electron chi connectivity index (χ0n) is 9.07. The summed E-state index contributed by atoms with van der Waals surface area (Å²) in [4.78, 5) is 27.5. The van der Waals surface area contributed by atoms with Gasteiger partial charge in [0.1, 0.15) is 10.2 Å². The average molecular weight is 300 g/mol. The molecule has 0 spiro atoms. The highest BCUT2D eigenvalue weighted by molar-refractivity contribution is 9.10. The first kappa shape index (κ1) is 11.8. The van der Waals surface area contributed by atoms with Crippen molar-refractivity contribution in [1.82, 2.24) is 14.6 Å². The van der Waals surface area contributed by atoms with Gasteiger partial charge >= 0.3 is 5.97 Å². The number of carbonyl (C=O) groups excluding carboxylic acids is 1. The lowest BCUT2D eigenvalue weighted by atomic mass is 10.3. The second kappa shape index (κ2) is 4.70. The number of fused-ring (bicyclic) bond motifs is 1. The van der Waals surface area contributed by atoms with E-state index in [4.69, 9.17) is 4.74 Å². The summed E-state index contributed by atoms with van der Waals surface area (Å²) in [6.45, 7) is 2.17. The largest absolute Gasteiger partial charge is 0.462 e. The molecule has 90 valence electrons. The van der Waals surface area contributed by atoms with Crippen LogP contribution in [0.4, 0.5) is 0 Å². The zero-order chi connectivity index (χ0) is 12.4. The second-order valence-electron chi connectivity index (χ2n) is 3.41. The van der Waals surface area contributed by atoms with E-state index in [2.05, 4.69) is 26.0 Å². The Morgan fingerprint density at radius 3 is 3.12 bits per heavy atom. The molecule has 0 aliphatic heterocycles. The van der Waals surface area contributed by atoms with Crippen LogP contribution in [0, 0.1) is 0 Å². The Kier molecular flexibility index (Phi) is 3.28. The van der Waals surface area contributed by atoms with E-state index in [1.165, 1.54) is 10.7 Å². The van der Waals surface area contributed by atoms with Crippen molar-refractivity contribution in [2.75, 3.05) is 6.61 Å². The summed E-state index contributed by atoms with van der Waals surface area (Å²) in [5.41, 5.74) is -0.331. The van der Waals surface area contributed by atoms with Crippen molar-refractivity contribution in [2.24, 2.45) is 0 Å². The Balaban J connectivity index is 2.45. The molecule has 0 unspecified atom stereocenters. The highest BCUT2D eigenvalue weighted by atomic mass is 79.9. The Bertz CT molecular complexity index is 617. The van der Waals surface area contributed by atoms with Crippen LogP contribution in [0.15, 0.2) is 21.8 Å². The molecule has 0 aromatic carbocycles. The van der Waals surface area contributed by atoms with Gasteiger partial charge in [-0.3, -0.25) is 9.89 Å². The summed E-state index contributed by atoms with van der Waals surface area (Å²) < 4.78 is 6.86. The van der Waals surface area contributed by atoms with E-state index >= 15 is 0 Å². The van der Waals surface area contributed by atoms with Gasteiger partial charge in [0.15, 0.2) is 0 Å². The van der Waals surface area contributed by atoms with Crippen molar-refractivity contribution in [3.8, 4) is 0 Å². The third kappa shape index (κ3) is 2.23. The lowest BCUT2D eigenvalue weighted by Gasteiger charge is -2.02. The Morgan fingerprint density at radius 2 is 2.41 bits per heavy atom. The molecule has 6 nitrogen and oxygen atoms in total. The van der Waals surface area contributed by atoms with Crippen LogP contribution < -0.4 is 5.43 Å². The topological polar surface area (TPSA) is 76.5 Å². The Hall–Kier alpha value is -1.63. The minimum atomic E-state index is -0.630. The molecule has 7 heteroatoms. The predicted molar refractivity (Wildman–Crippen MR) is 64.1 cm³/mol. The minimum absolute atomic E-state index is 0.0379. The molecule has 0 fully saturated rings. The van der Waals surface area contributed by atoms with E-state index in [1.807, 2.05) is 6.92 Å². The van der Waals surface area contributed by atoms with E-state index in [0.29, 0.717) is 17.6 Å². The van der Waals surface area contributed by atoms with Crippen molar-refractivity contribution in [2.45, 2.75) is 13.3 Å². The van der Waals surface area contributed by atoms with E-state index in [-0.39, 0.29) is 11.2 Å². The Morgan fingerprint density at radius 1 is 1.65 bits per heavy atom. The van der Waals surface area contributed by atoms with E-state index in [1.54, 1.807) is 6.20 Å². The molecule has 0 aliphatic rings. The lowest BCUT2D eigenvalue weighted by molar-refractivity contribution is 0.0503. The van der Waals surface area contributed by atoms with Crippen LogP contribution in [0.3, 0.4) is 0 Å². The summed E-state index contributed by atoms with van der Waals surface area (Å²) >= 11 is 3.16. The normalized spacial score (nSPS) is 10.7. The van der Waals surface area contributed by atoms with Crippen LogP contribution in [0.2, 0.25) is 0 Å². The van der Waals surface area contributed by atoms with Gasteiger partial charge in [0.25, 0.3) is 0 Å². The van der Waals surface area contributed by atoms with Crippen LogP contribution in [0.1, 0.15) is 23.7 Å². The standard InChI is InChI=1S/C10H10BrN3O3/c1-2-3-17-10(16)6-4-12-14-5-7(11)13-9(14)8(6)15/h4-5,12H,2-3H2,1H3. The van der Waals surface area contributed by atoms with Crippen molar-refractivity contribution >= 4 is 27.5 Å². The Labute approximate surface area is 105 Å². The molecule has 0 saturated heterocycles. The zero-order valence-corrected chi connectivity index (χ0v) is 10.7. The number of hydrogen-bond donors (Lipinski definition) is 1. The van der Waals surface area contributed by atoms with Gasteiger partial charge in [-0.15, -0.1) is 0 Å². The second-order valence-corrected chi connectivity index (χ2v) is 4.22. The number of imidazole rings is 1. The molecule has 2 rings (SSSR count). The molecular formula is C10H10BrN3O3. The van der Waals surface area contributed by atoms with Gasteiger partial charge in [-0.1, -0.05) is 6.92 Å². The van der Waals surface area contributed by atoms with Crippen LogP contribution in [0.5, 0.6) is 0 Å². The quantitative estimate of drug-likeness (QED) is 0.868. The van der Waals surface area contributed by atoms with Crippen LogP contribution in [-0.2, 0) is 4.74 Å². The highest BCUT2D eigenvalue weighted by Crippen LogP contribution is 2.07. The van der Waals surface area contributed by atoms with Crippen molar-refractivity contribution < 1.29 is 9.53 Å². The number of esters is 1. The summed E-state index contributed by atoms with van der Waals surface area (Å²) in [6.07, 6.45) is 3.63. The van der Waals surface area contributed by atoms with E-state index in [9.17, 15) is 9.59 Å². The monoisotopic (exact) mass is 299 g/mol. The van der Waals surface area contributed by atoms with Gasteiger partial charge < -0.3 is 4.74 Å². The smallest absolute Gasteiger partial charge is 0.343 e. The molecule has 0 radical (unpaired) electrons. The fraction of sp³-hybridized carbons (Fsp3) is 0.300. The molecule has 0 amide bonds. The maximum Gasteiger partial charge on any atom is 0.343 e. The minimum Gasteiger partial charge on any atom is -0.462 e. The predicted octanol–water partition coefficient (Wildman–Crippen LogP) is 1.35. The fourth-order valence-electron chi connectivity index (χ4n) is 1.35. The first-order valence-electron chi connectivity index (χ1n) is 5.07. The van der Waals surface area contributed by atoms with Crippen LogP contribution in [0.25, 0.3) is 5.65 Å². The van der Waals surface area contributed by atoms with Gasteiger partial charge in [-0.2, -0.15) is 0 Å². The van der Waals surface area contributed by atoms with Crippen molar-refractivity contribution in [3.63, 3.8) is 0 Å². The summed E-state index contributed by atoms with van der Waals surface area (Å²) in [5, 5.41) is 2.76. The van der Waals surface area contributed by atoms with Crippen molar-refractivity contribution in [3.05, 3.63) is 32.8 Å². The van der Waals surface area contributed by atoms with Gasteiger partial charge in [0.05, 0.1) is 12.8 Å². The molecule has 0 atom stereocenters. The first-order chi connectivity index (χ1) is 8.13. The number of halogens is 1. The molecule has 2 aromatic heterocycles. The maximum absolute atomic E-state index is 11.9. The SMILES string of the molecule is CCCOC(=O)c1c[nH]n2cc(Br)nc2c1=O. The molecule has 2 aromatic rings. The van der Waals surface area contributed by atoms with Gasteiger partial charge in [-0.25, -0.2) is 14.3 Å². The van der Waals surface area contributed by atoms with Crippen LogP contribution >= 0.6 is 15.9 Å². The summed E-state index contributed by atoms with van der Waals surface area (Å²) in [7, 11) is 0. The first-order valence-corrected chi connectivity index (χ1v) is 5.86. The molecule has 17 heavy (non-hydrogen) atoms. The van der Waals surface area contributed by atoms with Crippen molar-refractivity contribution in [1.29, 1.82) is 0 Å². The molecule has 2 heterocycles. The third-order valence-corrected chi connectivity index (χ3v) is 2.51. The average Bonchev–Trinajstić information content (AvgIpc) is 2.68. The number of carbonyl (C=O) groups is 1. The number of rotatable bonds is 3. The van der Waals surface area contributed by atoms with E-state index < -0.39 is 11.4 Å². The number of hydrogen-bond acceptors (Lipinski definition) is 4. The summed E-state index contributed by atoms with van der Waals surface area (Å²) in [5.74, 6) is -0.630. The lowest BCUT2D eigenvalue weighted by Crippen LogP contribution is -2.20. The number of aromatic nitrogens is 3. The third-order valence-electron chi connectivity index (χ3n) is 2.13. The number of nitrogens with one attached hydrogen (secondary N) is 1. The summed E-state index contributed by atoms with van der Waals surface area (Å²) in [6, 6.07) is 0. The van der Waals surface area contributed by atoms with Crippen LogP contribution in [-0.4, -0.2) is 27.2 Å². The molecule has 0 aliphatic carbocycles. The molecule has 1 N–H and O–H groups in total.